The molecule has 2 N–H and O–H groups in total. The van der Waals surface area contributed by atoms with Crippen LogP contribution in [0.1, 0.15) is 58.8 Å². The van der Waals surface area contributed by atoms with Crippen molar-refractivity contribution in [2.75, 3.05) is 13.1 Å². The SMILES string of the molecule is CCCC1(C(=O)O)CCN(C(=O)NC(C)C2CCC2)CC1. The molecule has 21 heavy (non-hydrogen) atoms. The summed E-state index contributed by atoms with van der Waals surface area (Å²) in [4.78, 5) is 25.6. The highest BCUT2D eigenvalue weighted by atomic mass is 16.4. The van der Waals surface area contributed by atoms with Crippen LogP contribution in [0.5, 0.6) is 0 Å². The van der Waals surface area contributed by atoms with Crippen LogP contribution < -0.4 is 5.32 Å². The normalized spacial score (nSPS) is 23.2. The van der Waals surface area contributed by atoms with Gasteiger partial charge in [0.1, 0.15) is 0 Å². The number of likely N-dealkylation sites (tertiary alicyclic amines) is 1. The zero-order valence-corrected chi connectivity index (χ0v) is 13.2. The van der Waals surface area contributed by atoms with Crippen LogP contribution in [0.2, 0.25) is 0 Å². The van der Waals surface area contributed by atoms with Crippen molar-refractivity contribution in [1.29, 1.82) is 0 Å². The van der Waals surface area contributed by atoms with Gasteiger partial charge < -0.3 is 15.3 Å². The number of piperidine rings is 1. The van der Waals surface area contributed by atoms with Crippen molar-refractivity contribution in [2.24, 2.45) is 11.3 Å². The summed E-state index contributed by atoms with van der Waals surface area (Å²) >= 11 is 0. The quantitative estimate of drug-likeness (QED) is 0.819. The number of hydrogen-bond acceptors (Lipinski definition) is 2. The topological polar surface area (TPSA) is 69.6 Å². The number of carboxylic acid groups (broad SMARTS) is 1. The number of aliphatic carboxylic acids is 1. The molecule has 1 aliphatic heterocycles. The summed E-state index contributed by atoms with van der Waals surface area (Å²) in [5.41, 5.74) is -0.620. The van der Waals surface area contributed by atoms with Gasteiger partial charge in [-0.05, 0) is 44.9 Å². The maximum atomic E-state index is 12.3. The number of amides is 2. The summed E-state index contributed by atoms with van der Waals surface area (Å²) < 4.78 is 0. The second-order valence-corrected chi connectivity index (χ2v) is 6.75. The van der Waals surface area contributed by atoms with Crippen LogP contribution in [-0.2, 0) is 4.79 Å². The van der Waals surface area contributed by atoms with Gasteiger partial charge in [0.2, 0.25) is 0 Å². The number of carbonyl (C=O) groups is 2. The molecular weight excluding hydrogens is 268 g/mol. The lowest BCUT2D eigenvalue weighted by Crippen LogP contribution is -2.52. The molecule has 1 unspecified atom stereocenters. The zero-order chi connectivity index (χ0) is 15.5. The summed E-state index contributed by atoms with van der Waals surface area (Å²) in [6.07, 6.45) is 6.41. The Hall–Kier alpha value is -1.26. The van der Waals surface area contributed by atoms with Gasteiger partial charge >= 0.3 is 12.0 Å². The molecular formula is C16H28N2O3. The molecule has 0 aromatic rings. The van der Waals surface area contributed by atoms with Crippen LogP contribution in [0.4, 0.5) is 4.79 Å². The standard InChI is InChI=1S/C16H28N2O3/c1-3-7-16(14(19)20)8-10-18(11-9-16)15(21)17-12(2)13-5-4-6-13/h12-13H,3-11H2,1-2H3,(H,17,21)(H,19,20). The fourth-order valence-electron chi connectivity index (χ4n) is 3.53. The number of nitrogens with one attached hydrogen (secondary N) is 1. The smallest absolute Gasteiger partial charge is 0.317 e. The fourth-order valence-corrected chi connectivity index (χ4v) is 3.53. The predicted molar refractivity (Wildman–Crippen MR) is 81.1 cm³/mol. The molecule has 1 saturated heterocycles. The van der Waals surface area contributed by atoms with Gasteiger partial charge in [-0.25, -0.2) is 4.79 Å². The monoisotopic (exact) mass is 296 g/mol. The van der Waals surface area contributed by atoms with E-state index in [2.05, 4.69) is 12.2 Å². The molecule has 5 heteroatoms. The zero-order valence-electron chi connectivity index (χ0n) is 13.2. The van der Waals surface area contributed by atoms with E-state index in [4.69, 9.17) is 0 Å². The van der Waals surface area contributed by atoms with Crippen LogP contribution in [0, 0.1) is 11.3 Å². The van der Waals surface area contributed by atoms with Crippen molar-refractivity contribution in [3.8, 4) is 0 Å². The van der Waals surface area contributed by atoms with Gasteiger partial charge in [-0.3, -0.25) is 4.79 Å². The molecule has 1 saturated carbocycles. The molecule has 0 spiro atoms. The molecule has 1 atom stereocenters. The lowest BCUT2D eigenvalue weighted by atomic mass is 9.75. The number of nitrogens with zero attached hydrogens (tertiary/aromatic N) is 1. The lowest BCUT2D eigenvalue weighted by Gasteiger charge is -2.40. The minimum absolute atomic E-state index is 0.0233. The number of carbonyl (C=O) groups excluding carboxylic acids is 1. The minimum atomic E-state index is -0.702. The van der Waals surface area contributed by atoms with Crippen molar-refractivity contribution in [1.82, 2.24) is 10.2 Å². The summed E-state index contributed by atoms with van der Waals surface area (Å²) in [5.74, 6) is -0.0795. The van der Waals surface area contributed by atoms with E-state index in [1.165, 1.54) is 19.3 Å². The maximum absolute atomic E-state index is 12.3. The van der Waals surface area contributed by atoms with Gasteiger partial charge in [-0.1, -0.05) is 19.8 Å². The predicted octanol–water partition coefficient (Wildman–Crippen LogP) is 2.85. The number of urea groups is 1. The van der Waals surface area contributed by atoms with E-state index >= 15 is 0 Å². The minimum Gasteiger partial charge on any atom is -0.481 e. The third-order valence-electron chi connectivity index (χ3n) is 5.40. The van der Waals surface area contributed by atoms with Gasteiger partial charge in [0, 0.05) is 19.1 Å². The van der Waals surface area contributed by atoms with Crippen LogP contribution in [0.15, 0.2) is 0 Å². The van der Waals surface area contributed by atoms with Crippen LogP contribution in [-0.4, -0.2) is 41.1 Å². The van der Waals surface area contributed by atoms with Crippen LogP contribution in [0.3, 0.4) is 0 Å². The third-order valence-corrected chi connectivity index (χ3v) is 5.40. The first-order valence-electron chi connectivity index (χ1n) is 8.27. The van der Waals surface area contributed by atoms with Gasteiger partial charge in [0.05, 0.1) is 5.41 Å². The van der Waals surface area contributed by atoms with Crippen molar-refractivity contribution in [3.63, 3.8) is 0 Å². The molecule has 2 rings (SSSR count). The van der Waals surface area contributed by atoms with Crippen LogP contribution >= 0.6 is 0 Å². The summed E-state index contributed by atoms with van der Waals surface area (Å²) in [6.45, 7) is 5.19. The van der Waals surface area contributed by atoms with Gasteiger partial charge in [-0.2, -0.15) is 0 Å². The first kappa shape index (κ1) is 16.1. The van der Waals surface area contributed by atoms with Crippen LogP contribution in [0.25, 0.3) is 0 Å². The number of carboxylic acids is 1. The highest BCUT2D eigenvalue weighted by molar-refractivity contribution is 5.77. The third kappa shape index (κ3) is 3.50. The summed E-state index contributed by atoms with van der Waals surface area (Å²) in [6, 6.07) is 0.206. The summed E-state index contributed by atoms with van der Waals surface area (Å²) in [7, 11) is 0. The Balaban J connectivity index is 1.84. The van der Waals surface area contributed by atoms with E-state index < -0.39 is 11.4 Å². The van der Waals surface area contributed by atoms with E-state index in [1.807, 2.05) is 6.92 Å². The number of rotatable bonds is 5. The van der Waals surface area contributed by atoms with E-state index in [-0.39, 0.29) is 12.1 Å². The van der Waals surface area contributed by atoms with Crippen molar-refractivity contribution < 1.29 is 14.7 Å². The Morgan fingerprint density at radius 2 is 1.95 bits per heavy atom. The first-order valence-corrected chi connectivity index (χ1v) is 8.27. The molecule has 1 aliphatic carbocycles. The molecule has 2 amide bonds. The molecule has 0 bridgehead atoms. The van der Waals surface area contributed by atoms with Gasteiger partial charge in [0.15, 0.2) is 0 Å². The Morgan fingerprint density at radius 3 is 2.38 bits per heavy atom. The van der Waals surface area contributed by atoms with Crippen molar-refractivity contribution in [2.45, 2.75) is 64.8 Å². The summed E-state index contributed by atoms with van der Waals surface area (Å²) in [5, 5.41) is 12.6. The lowest BCUT2D eigenvalue weighted by molar-refractivity contribution is -0.152. The van der Waals surface area contributed by atoms with E-state index in [9.17, 15) is 14.7 Å². The highest BCUT2D eigenvalue weighted by Gasteiger charge is 2.41. The van der Waals surface area contributed by atoms with E-state index in [0.717, 1.165) is 6.42 Å². The Morgan fingerprint density at radius 1 is 1.33 bits per heavy atom. The Labute approximate surface area is 127 Å². The number of hydrogen-bond donors (Lipinski definition) is 2. The largest absolute Gasteiger partial charge is 0.481 e. The van der Waals surface area contributed by atoms with E-state index in [1.54, 1.807) is 4.90 Å². The molecule has 2 aliphatic rings. The van der Waals surface area contributed by atoms with Crippen molar-refractivity contribution in [3.05, 3.63) is 0 Å². The average molecular weight is 296 g/mol. The molecule has 0 aromatic carbocycles. The molecule has 1 heterocycles. The van der Waals surface area contributed by atoms with Gasteiger partial charge in [-0.15, -0.1) is 0 Å². The van der Waals surface area contributed by atoms with Crippen molar-refractivity contribution >= 4 is 12.0 Å². The molecule has 120 valence electrons. The molecule has 0 radical (unpaired) electrons. The first-order chi connectivity index (χ1) is 9.98. The molecule has 0 aromatic heterocycles. The van der Waals surface area contributed by atoms with Gasteiger partial charge in [0.25, 0.3) is 0 Å². The Bertz CT molecular complexity index is 385. The maximum Gasteiger partial charge on any atom is 0.317 e. The average Bonchev–Trinajstić information content (AvgIpc) is 2.37. The van der Waals surface area contributed by atoms with E-state index in [0.29, 0.717) is 38.3 Å². The second-order valence-electron chi connectivity index (χ2n) is 6.75. The highest BCUT2D eigenvalue weighted by Crippen LogP contribution is 2.36. The fraction of sp³-hybridized carbons (Fsp3) is 0.875. The second kappa shape index (κ2) is 6.67. The molecule has 5 nitrogen and oxygen atoms in total. The Kier molecular flexibility index (Phi) is 5.12. The molecule has 2 fully saturated rings.